The second kappa shape index (κ2) is 1.74. The second-order valence-corrected chi connectivity index (χ2v) is 2.14. The van der Waals surface area contributed by atoms with Gasteiger partial charge in [0, 0.05) is 6.42 Å². The second-order valence-electron chi connectivity index (χ2n) is 2.14. The molecule has 0 heterocycles. The van der Waals surface area contributed by atoms with Gasteiger partial charge in [0.1, 0.15) is 5.76 Å². The smallest absolute Gasteiger partial charge is 0.119 e. The van der Waals surface area contributed by atoms with E-state index in [4.69, 9.17) is 5.11 Å². The highest BCUT2D eigenvalue weighted by Crippen LogP contribution is 2.31. The third-order valence-corrected chi connectivity index (χ3v) is 1.54. The Bertz CT molecular complexity index is 223. The van der Waals surface area contributed by atoms with Crippen LogP contribution in [0.2, 0.25) is 0 Å². The van der Waals surface area contributed by atoms with Gasteiger partial charge >= 0.3 is 0 Å². The summed E-state index contributed by atoms with van der Waals surface area (Å²) in [6, 6.07) is 0. The molecule has 0 unspecified atom stereocenters. The van der Waals surface area contributed by atoms with Gasteiger partial charge in [0.25, 0.3) is 0 Å². The Kier molecular flexibility index (Phi) is 1.18. The van der Waals surface area contributed by atoms with Crippen LogP contribution in [0.3, 0.4) is 0 Å². The molecule has 0 radical (unpaired) electrons. The van der Waals surface area contributed by atoms with E-state index in [0.717, 1.165) is 12.0 Å². The highest BCUT2D eigenvalue weighted by molar-refractivity contribution is 5.52. The van der Waals surface area contributed by atoms with Crippen LogP contribution in [-0.2, 0) is 0 Å². The predicted octanol–water partition coefficient (Wildman–Crippen LogP) is 1.86. The van der Waals surface area contributed by atoms with Gasteiger partial charge in [0.05, 0.1) is 0 Å². The van der Waals surface area contributed by atoms with E-state index in [2.05, 4.69) is 0 Å². The zero-order valence-electron chi connectivity index (χ0n) is 5.09. The fraction of sp³-hybridized carbons (Fsp3) is 0.143. The highest BCUT2D eigenvalue weighted by atomic mass is 16.3. The molecule has 0 amide bonds. The quantitative estimate of drug-likeness (QED) is 0.516. The van der Waals surface area contributed by atoms with E-state index in [9.17, 15) is 0 Å². The van der Waals surface area contributed by atoms with Crippen LogP contribution in [0.5, 0.6) is 0 Å². The third kappa shape index (κ3) is 0.678. The molecular formula is C7H9NO. The van der Waals surface area contributed by atoms with Crippen LogP contribution in [0.4, 0.5) is 0 Å². The van der Waals surface area contributed by atoms with Crippen molar-refractivity contribution in [3.05, 3.63) is 35.1 Å². The summed E-state index contributed by atoms with van der Waals surface area (Å²) in [4.78, 5) is 0. The zero-order chi connectivity index (χ0) is 5.56. The van der Waals surface area contributed by atoms with Gasteiger partial charge in [-0.3, -0.25) is 0 Å². The summed E-state index contributed by atoms with van der Waals surface area (Å²) in [7, 11) is 0. The molecule has 9 heavy (non-hydrogen) atoms. The van der Waals surface area contributed by atoms with Crippen molar-refractivity contribution in [1.29, 1.82) is 0 Å². The lowest BCUT2D eigenvalue weighted by molar-refractivity contribution is 0.429. The molecule has 2 aliphatic carbocycles. The van der Waals surface area contributed by atoms with Crippen molar-refractivity contribution < 1.29 is 5.11 Å². The van der Waals surface area contributed by atoms with Gasteiger partial charge in [0.15, 0.2) is 0 Å². The SMILES string of the molecule is N.OC1=C2C=CC(=C1)C2. The zero-order valence-corrected chi connectivity index (χ0v) is 5.09. The molecule has 2 bridgehead atoms. The Morgan fingerprint density at radius 2 is 2.11 bits per heavy atom. The molecule has 0 fully saturated rings. The standard InChI is InChI=1S/C7H6O.H3N/c8-7-4-5-1-2-6(7)3-5;/h1-2,4,8H,3H2;1H3. The Balaban J connectivity index is 0.000000405. The molecule has 2 heteroatoms. The normalized spacial score (nSPS) is 20.2. The first-order valence-corrected chi connectivity index (χ1v) is 2.67. The fourth-order valence-electron chi connectivity index (χ4n) is 1.09. The van der Waals surface area contributed by atoms with Gasteiger partial charge in [-0.25, -0.2) is 0 Å². The monoisotopic (exact) mass is 123 g/mol. The van der Waals surface area contributed by atoms with Crippen molar-refractivity contribution in [1.82, 2.24) is 6.15 Å². The van der Waals surface area contributed by atoms with E-state index < -0.39 is 0 Å². The molecule has 4 N–H and O–H groups in total. The van der Waals surface area contributed by atoms with Gasteiger partial charge in [-0.1, -0.05) is 12.2 Å². The average Bonchev–Trinajstić information content (AvgIpc) is 2.23. The molecular weight excluding hydrogens is 114 g/mol. The van der Waals surface area contributed by atoms with E-state index in [1.54, 1.807) is 0 Å². The first-order chi connectivity index (χ1) is 3.86. The van der Waals surface area contributed by atoms with Gasteiger partial charge in [-0.2, -0.15) is 0 Å². The van der Waals surface area contributed by atoms with Crippen molar-refractivity contribution >= 4 is 0 Å². The summed E-state index contributed by atoms with van der Waals surface area (Å²) in [5.41, 5.74) is 2.30. The molecule has 2 aliphatic rings. The summed E-state index contributed by atoms with van der Waals surface area (Å²) < 4.78 is 0. The minimum absolute atomic E-state index is 0. The summed E-state index contributed by atoms with van der Waals surface area (Å²) in [5, 5.41) is 8.97. The van der Waals surface area contributed by atoms with Crippen molar-refractivity contribution in [2.24, 2.45) is 0 Å². The van der Waals surface area contributed by atoms with E-state index in [0.29, 0.717) is 5.76 Å². The lowest BCUT2D eigenvalue weighted by Gasteiger charge is -1.88. The van der Waals surface area contributed by atoms with E-state index >= 15 is 0 Å². The molecule has 0 atom stereocenters. The Hall–Kier alpha value is -1.02. The Morgan fingerprint density at radius 3 is 2.33 bits per heavy atom. The van der Waals surface area contributed by atoms with Gasteiger partial charge in [-0.05, 0) is 17.2 Å². The van der Waals surface area contributed by atoms with Crippen LogP contribution in [0.15, 0.2) is 35.1 Å². The van der Waals surface area contributed by atoms with Crippen LogP contribution in [0.1, 0.15) is 6.42 Å². The maximum Gasteiger partial charge on any atom is 0.119 e. The molecule has 0 spiro atoms. The number of rotatable bonds is 0. The third-order valence-electron chi connectivity index (χ3n) is 1.54. The minimum Gasteiger partial charge on any atom is -0.508 e. The topological polar surface area (TPSA) is 55.2 Å². The summed E-state index contributed by atoms with van der Waals surface area (Å²) in [6.45, 7) is 0. The van der Waals surface area contributed by atoms with Crippen LogP contribution in [-0.4, -0.2) is 5.11 Å². The van der Waals surface area contributed by atoms with Gasteiger partial charge in [0.2, 0.25) is 0 Å². The first kappa shape index (κ1) is 6.11. The molecule has 0 aromatic carbocycles. The summed E-state index contributed by atoms with van der Waals surface area (Å²) in [6.07, 6.45) is 6.76. The van der Waals surface area contributed by atoms with E-state index in [-0.39, 0.29) is 6.15 Å². The molecule has 0 aromatic heterocycles. The number of aliphatic hydroxyl groups is 1. The maximum absolute atomic E-state index is 8.97. The molecule has 2 nitrogen and oxygen atoms in total. The predicted molar refractivity (Wildman–Crippen MR) is 36.5 cm³/mol. The Labute approximate surface area is 53.8 Å². The molecule has 0 aliphatic heterocycles. The van der Waals surface area contributed by atoms with Crippen molar-refractivity contribution in [3.8, 4) is 0 Å². The summed E-state index contributed by atoms with van der Waals surface area (Å²) in [5.74, 6) is 0.461. The van der Waals surface area contributed by atoms with Crippen molar-refractivity contribution in [2.75, 3.05) is 0 Å². The molecule has 0 aromatic rings. The van der Waals surface area contributed by atoms with Gasteiger partial charge in [-0.15, -0.1) is 0 Å². The van der Waals surface area contributed by atoms with Crippen LogP contribution < -0.4 is 6.15 Å². The largest absolute Gasteiger partial charge is 0.508 e. The lowest BCUT2D eigenvalue weighted by atomic mass is 10.3. The molecule has 0 saturated carbocycles. The van der Waals surface area contributed by atoms with Crippen molar-refractivity contribution in [3.63, 3.8) is 0 Å². The van der Waals surface area contributed by atoms with Crippen LogP contribution >= 0.6 is 0 Å². The first-order valence-electron chi connectivity index (χ1n) is 2.67. The van der Waals surface area contributed by atoms with Gasteiger partial charge < -0.3 is 11.3 Å². The molecule has 0 saturated heterocycles. The number of aliphatic hydroxyl groups excluding tert-OH is 1. The minimum atomic E-state index is 0. The Morgan fingerprint density at radius 1 is 1.33 bits per heavy atom. The highest BCUT2D eigenvalue weighted by Gasteiger charge is 2.15. The summed E-state index contributed by atoms with van der Waals surface area (Å²) >= 11 is 0. The van der Waals surface area contributed by atoms with E-state index in [1.807, 2.05) is 18.2 Å². The number of fused-ring (bicyclic) bond motifs is 2. The number of hydrogen-bond donors (Lipinski definition) is 2. The lowest BCUT2D eigenvalue weighted by Crippen LogP contribution is -1.74. The molecule has 48 valence electrons. The maximum atomic E-state index is 8.97. The average molecular weight is 123 g/mol. The molecule has 2 rings (SSSR count). The number of hydrogen-bond acceptors (Lipinski definition) is 2. The van der Waals surface area contributed by atoms with Crippen LogP contribution in [0, 0.1) is 0 Å². The number of allylic oxidation sites excluding steroid dienone is 5. The fourth-order valence-corrected chi connectivity index (χ4v) is 1.09. The van der Waals surface area contributed by atoms with Crippen LogP contribution in [0.25, 0.3) is 0 Å². The van der Waals surface area contributed by atoms with Crippen molar-refractivity contribution in [2.45, 2.75) is 6.42 Å². The van der Waals surface area contributed by atoms with E-state index in [1.165, 1.54) is 5.57 Å².